The highest BCUT2D eigenvalue weighted by Gasteiger charge is 2.22. The van der Waals surface area contributed by atoms with Crippen LogP contribution in [0.4, 0.5) is 0 Å². The minimum absolute atomic E-state index is 0.316. The molecule has 4 nitrogen and oxygen atoms in total. The predicted molar refractivity (Wildman–Crippen MR) is 82.0 cm³/mol. The lowest BCUT2D eigenvalue weighted by molar-refractivity contribution is 0.0704. The number of ether oxygens (including phenoxy) is 1. The molecule has 108 valence electrons. The number of methoxy groups -OCH3 is 1. The molecule has 0 saturated heterocycles. The van der Waals surface area contributed by atoms with Gasteiger partial charge in [-0.1, -0.05) is 42.5 Å². The number of aromatic nitrogens is 2. The minimum atomic E-state index is -0.668. The third-order valence-electron chi connectivity index (χ3n) is 3.54. The Morgan fingerprint density at radius 2 is 1.71 bits per heavy atom. The number of benzene rings is 2. The van der Waals surface area contributed by atoms with E-state index in [4.69, 9.17) is 4.74 Å². The molecule has 1 aromatic heterocycles. The normalized spacial score (nSPS) is 14.2. The highest BCUT2D eigenvalue weighted by atomic mass is 16.5. The maximum absolute atomic E-state index is 10.1. The summed E-state index contributed by atoms with van der Waals surface area (Å²) in [6.45, 7) is 1.72. The largest absolute Gasteiger partial charge is 0.385 e. The molecule has 3 rings (SSSR count). The zero-order valence-electron chi connectivity index (χ0n) is 12.1. The summed E-state index contributed by atoms with van der Waals surface area (Å²) < 4.78 is 7.65. The highest BCUT2D eigenvalue weighted by molar-refractivity contribution is 5.76. The zero-order valence-corrected chi connectivity index (χ0v) is 12.1. The number of imidazole rings is 1. The summed E-state index contributed by atoms with van der Waals surface area (Å²) in [6, 6.07) is 17.8. The zero-order chi connectivity index (χ0) is 14.8. The molecule has 0 spiro atoms. The van der Waals surface area contributed by atoms with Crippen LogP contribution < -0.4 is 0 Å². The van der Waals surface area contributed by atoms with Crippen LogP contribution in [-0.2, 0) is 4.74 Å². The van der Waals surface area contributed by atoms with E-state index in [0.717, 1.165) is 16.6 Å². The van der Waals surface area contributed by atoms with Crippen LogP contribution in [0.3, 0.4) is 0 Å². The van der Waals surface area contributed by atoms with Gasteiger partial charge in [-0.25, -0.2) is 4.98 Å². The molecule has 0 saturated carbocycles. The second-order valence-electron chi connectivity index (χ2n) is 5.00. The van der Waals surface area contributed by atoms with Gasteiger partial charge in [-0.15, -0.1) is 0 Å². The maximum atomic E-state index is 10.1. The molecule has 0 fully saturated rings. The van der Waals surface area contributed by atoms with Gasteiger partial charge in [-0.3, -0.25) is 4.57 Å². The van der Waals surface area contributed by atoms with Gasteiger partial charge in [0, 0.05) is 12.7 Å². The van der Waals surface area contributed by atoms with E-state index in [0.29, 0.717) is 5.82 Å². The predicted octanol–water partition coefficient (Wildman–Crippen LogP) is 3.28. The Labute approximate surface area is 123 Å². The van der Waals surface area contributed by atoms with Crippen molar-refractivity contribution in [3.05, 3.63) is 66.0 Å². The molecule has 2 atom stereocenters. The lowest BCUT2D eigenvalue weighted by atomic mass is 10.2. The smallest absolute Gasteiger partial charge is 0.161 e. The number of nitrogens with zero attached hydrogens (tertiary/aromatic N) is 2. The van der Waals surface area contributed by atoms with Crippen molar-refractivity contribution in [1.29, 1.82) is 0 Å². The van der Waals surface area contributed by atoms with Crippen molar-refractivity contribution < 1.29 is 9.84 Å². The van der Waals surface area contributed by atoms with Crippen molar-refractivity contribution in [3.8, 4) is 0 Å². The van der Waals surface area contributed by atoms with Gasteiger partial charge >= 0.3 is 0 Å². The summed E-state index contributed by atoms with van der Waals surface area (Å²) >= 11 is 0. The molecule has 0 bridgehead atoms. The molecule has 0 aliphatic carbocycles. The third kappa shape index (κ3) is 2.44. The van der Waals surface area contributed by atoms with Crippen LogP contribution in [0.2, 0.25) is 0 Å². The molecule has 1 N–H and O–H groups in total. The summed E-state index contributed by atoms with van der Waals surface area (Å²) in [7, 11) is 1.66. The topological polar surface area (TPSA) is 47.3 Å². The second-order valence-corrected chi connectivity index (χ2v) is 5.00. The number of para-hydroxylation sites is 2. The summed E-state index contributed by atoms with van der Waals surface area (Å²) in [6.07, 6.45) is -0.984. The monoisotopic (exact) mass is 282 g/mol. The molecule has 0 amide bonds. The Bertz CT molecular complexity index is 735. The first kappa shape index (κ1) is 13.8. The van der Waals surface area contributed by atoms with Gasteiger partial charge in [0.1, 0.15) is 11.9 Å². The van der Waals surface area contributed by atoms with Crippen molar-refractivity contribution in [3.63, 3.8) is 0 Å². The first-order valence-electron chi connectivity index (χ1n) is 6.95. The number of hydrogen-bond donors (Lipinski definition) is 1. The van der Waals surface area contributed by atoms with E-state index in [-0.39, 0.29) is 6.23 Å². The van der Waals surface area contributed by atoms with E-state index in [2.05, 4.69) is 4.98 Å². The third-order valence-corrected chi connectivity index (χ3v) is 3.54. The lowest BCUT2D eigenvalue weighted by Crippen LogP contribution is -2.17. The average molecular weight is 282 g/mol. The van der Waals surface area contributed by atoms with Crippen LogP contribution in [-0.4, -0.2) is 21.8 Å². The van der Waals surface area contributed by atoms with E-state index in [9.17, 15) is 5.11 Å². The summed E-state index contributed by atoms with van der Waals surface area (Å²) in [5, 5.41) is 10.1. The van der Waals surface area contributed by atoms with Gasteiger partial charge in [0.05, 0.1) is 11.0 Å². The van der Waals surface area contributed by atoms with Gasteiger partial charge in [0.15, 0.2) is 6.23 Å². The Morgan fingerprint density at radius 1 is 1.05 bits per heavy atom. The van der Waals surface area contributed by atoms with Crippen LogP contribution >= 0.6 is 0 Å². The summed E-state index contributed by atoms with van der Waals surface area (Å²) in [5.41, 5.74) is 2.82. The van der Waals surface area contributed by atoms with E-state index < -0.39 is 6.10 Å². The number of hydrogen-bond acceptors (Lipinski definition) is 3. The van der Waals surface area contributed by atoms with Crippen molar-refractivity contribution >= 4 is 11.0 Å². The molecular formula is C17H18N2O2. The first-order valence-corrected chi connectivity index (χ1v) is 6.95. The van der Waals surface area contributed by atoms with E-state index in [1.807, 2.05) is 59.2 Å². The van der Waals surface area contributed by atoms with Crippen molar-refractivity contribution in [2.45, 2.75) is 19.3 Å². The van der Waals surface area contributed by atoms with Gasteiger partial charge in [0.25, 0.3) is 0 Å². The Morgan fingerprint density at radius 3 is 2.38 bits per heavy atom. The quantitative estimate of drug-likeness (QED) is 0.799. The number of fused-ring (bicyclic) bond motifs is 1. The molecule has 0 aliphatic rings. The molecule has 4 heteroatoms. The average Bonchev–Trinajstić information content (AvgIpc) is 2.89. The minimum Gasteiger partial charge on any atom is -0.385 e. The fourth-order valence-electron chi connectivity index (χ4n) is 2.61. The SMILES string of the molecule is COC(c1ccccc1)n1c(C(C)O)nc2ccccc21. The van der Waals surface area contributed by atoms with E-state index in [1.54, 1.807) is 14.0 Å². The number of rotatable bonds is 4. The van der Waals surface area contributed by atoms with Gasteiger partial charge in [-0.2, -0.15) is 0 Å². The van der Waals surface area contributed by atoms with Crippen molar-refractivity contribution in [2.75, 3.05) is 7.11 Å². The lowest BCUT2D eigenvalue weighted by Gasteiger charge is -2.21. The molecule has 0 aliphatic heterocycles. The molecule has 2 unspecified atom stereocenters. The van der Waals surface area contributed by atoms with Crippen LogP contribution in [0.5, 0.6) is 0 Å². The van der Waals surface area contributed by atoms with Crippen LogP contribution in [0.1, 0.15) is 30.6 Å². The number of aliphatic hydroxyl groups is 1. The number of aliphatic hydroxyl groups excluding tert-OH is 1. The molecule has 1 heterocycles. The molecule has 3 aromatic rings. The maximum Gasteiger partial charge on any atom is 0.161 e. The van der Waals surface area contributed by atoms with Crippen molar-refractivity contribution in [2.24, 2.45) is 0 Å². The Balaban J connectivity index is 2.24. The second kappa shape index (κ2) is 5.68. The van der Waals surface area contributed by atoms with Gasteiger partial charge in [0.2, 0.25) is 0 Å². The molecular weight excluding hydrogens is 264 g/mol. The van der Waals surface area contributed by atoms with Crippen molar-refractivity contribution in [1.82, 2.24) is 9.55 Å². The summed E-state index contributed by atoms with van der Waals surface area (Å²) in [4.78, 5) is 4.54. The van der Waals surface area contributed by atoms with Gasteiger partial charge < -0.3 is 9.84 Å². The first-order chi connectivity index (χ1) is 10.2. The molecule has 0 radical (unpaired) electrons. The highest BCUT2D eigenvalue weighted by Crippen LogP contribution is 2.29. The fourth-order valence-corrected chi connectivity index (χ4v) is 2.61. The Hall–Kier alpha value is -2.17. The molecule has 2 aromatic carbocycles. The van der Waals surface area contributed by atoms with Crippen LogP contribution in [0, 0.1) is 0 Å². The Kier molecular flexibility index (Phi) is 3.73. The van der Waals surface area contributed by atoms with Crippen LogP contribution in [0.25, 0.3) is 11.0 Å². The molecule has 21 heavy (non-hydrogen) atoms. The fraction of sp³-hybridized carbons (Fsp3) is 0.235. The van der Waals surface area contributed by atoms with Gasteiger partial charge in [-0.05, 0) is 19.1 Å². The van der Waals surface area contributed by atoms with Crippen LogP contribution in [0.15, 0.2) is 54.6 Å². The standard InChI is InChI=1S/C17H18N2O2/c1-12(20)16-18-14-10-6-7-11-15(14)19(16)17(21-2)13-8-4-3-5-9-13/h3-12,17,20H,1-2H3. The summed E-state index contributed by atoms with van der Waals surface area (Å²) in [5.74, 6) is 0.604. The van der Waals surface area contributed by atoms with E-state index >= 15 is 0 Å². The van der Waals surface area contributed by atoms with E-state index in [1.165, 1.54) is 0 Å².